The number of nitrogens with zero attached hydrogens (tertiary/aromatic N) is 1. The molecule has 3 rings (SSSR count). The zero-order chi connectivity index (χ0) is 18.0. The molecule has 0 saturated carbocycles. The topological polar surface area (TPSA) is 45.1 Å². The smallest absolute Gasteiger partial charge is 0.149 e. The monoisotopic (exact) mass is 424 g/mol. The number of nitrogens with one attached hydrogen (secondary N) is 1. The molecule has 0 radical (unpaired) electrons. The normalized spacial score (nSPS) is 12.0. The molecule has 0 spiro atoms. The minimum atomic E-state index is -0.950. The van der Waals surface area contributed by atoms with Gasteiger partial charge in [0.15, 0.2) is 0 Å². The predicted molar refractivity (Wildman–Crippen MR) is 97.1 cm³/mol. The van der Waals surface area contributed by atoms with E-state index in [0.29, 0.717) is 22.0 Å². The Morgan fingerprint density at radius 3 is 2.56 bits per heavy atom. The maximum Gasteiger partial charge on any atom is 0.149 e. The molecule has 1 heterocycles. The second kappa shape index (κ2) is 7.47. The zero-order valence-electron chi connectivity index (χ0n) is 12.7. The number of hydrogen-bond acceptors (Lipinski definition) is 3. The van der Waals surface area contributed by atoms with Crippen molar-refractivity contribution in [3.63, 3.8) is 0 Å². The van der Waals surface area contributed by atoms with E-state index in [4.69, 9.17) is 11.6 Å². The molecule has 3 aromatic rings. The first-order valence-electron chi connectivity index (χ1n) is 7.25. The average Bonchev–Trinajstić information content (AvgIpc) is 2.59. The Bertz CT molecular complexity index is 906. The van der Waals surface area contributed by atoms with E-state index in [1.54, 1.807) is 30.3 Å². The van der Waals surface area contributed by atoms with Crippen molar-refractivity contribution in [1.82, 2.24) is 4.98 Å². The third kappa shape index (κ3) is 4.15. The third-order valence-electron chi connectivity index (χ3n) is 3.55. The van der Waals surface area contributed by atoms with Gasteiger partial charge in [0.05, 0.1) is 5.69 Å². The van der Waals surface area contributed by atoms with Crippen LogP contribution in [0.5, 0.6) is 0 Å². The molecule has 0 aliphatic rings. The summed E-state index contributed by atoms with van der Waals surface area (Å²) in [7, 11) is 0. The van der Waals surface area contributed by atoms with E-state index in [2.05, 4.69) is 26.2 Å². The highest BCUT2D eigenvalue weighted by Gasteiger charge is 2.15. The van der Waals surface area contributed by atoms with Gasteiger partial charge in [0.25, 0.3) is 0 Å². The molecule has 0 bridgehead atoms. The van der Waals surface area contributed by atoms with Crippen molar-refractivity contribution in [3.05, 3.63) is 87.0 Å². The van der Waals surface area contributed by atoms with Gasteiger partial charge in [-0.05, 0) is 36.4 Å². The Morgan fingerprint density at radius 2 is 1.88 bits per heavy atom. The highest BCUT2D eigenvalue weighted by molar-refractivity contribution is 9.10. The van der Waals surface area contributed by atoms with Crippen LogP contribution in [-0.2, 0) is 0 Å². The Kier molecular flexibility index (Phi) is 5.32. The standard InChI is InChI=1S/C18H12BrClF2N2O/c19-11-2-4-14(20)13(7-11)18(25)10-1-6-17(23-9-10)24-16-5-3-12(21)8-15(16)22/h1-9,18,25H,(H,23,24). The van der Waals surface area contributed by atoms with E-state index in [0.717, 1.165) is 16.6 Å². The molecule has 128 valence electrons. The Hall–Kier alpha value is -2.02. The van der Waals surface area contributed by atoms with E-state index in [1.807, 2.05) is 0 Å². The SMILES string of the molecule is OC(c1ccc(Nc2ccc(F)cc2F)nc1)c1cc(Br)ccc1Cl. The van der Waals surface area contributed by atoms with E-state index >= 15 is 0 Å². The molecular formula is C18H12BrClF2N2O. The Labute approximate surface area is 156 Å². The fourth-order valence-corrected chi connectivity index (χ4v) is 2.87. The van der Waals surface area contributed by atoms with Crippen molar-refractivity contribution >= 4 is 39.0 Å². The summed E-state index contributed by atoms with van der Waals surface area (Å²) in [5.41, 5.74) is 1.19. The van der Waals surface area contributed by atoms with Crippen LogP contribution in [0.1, 0.15) is 17.2 Å². The highest BCUT2D eigenvalue weighted by Crippen LogP contribution is 2.31. The lowest BCUT2D eigenvalue weighted by Crippen LogP contribution is -2.03. The van der Waals surface area contributed by atoms with Crippen LogP contribution in [0.3, 0.4) is 0 Å². The van der Waals surface area contributed by atoms with Crippen LogP contribution >= 0.6 is 27.5 Å². The largest absolute Gasteiger partial charge is 0.384 e. The average molecular weight is 426 g/mol. The van der Waals surface area contributed by atoms with Gasteiger partial charge >= 0.3 is 0 Å². The number of aliphatic hydroxyl groups excluding tert-OH is 1. The lowest BCUT2D eigenvalue weighted by molar-refractivity contribution is 0.220. The first-order chi connectivity index (χ1) is 11.9. The number of anilines is 2. The molecule has 1 unspecified atom stereocenters. The van der Waals surface area contributed by atoms with Gasteiger partial charge in [0, 0.05) is 32.9 Å². The van der Waals surface area contributed by atoms with Crippen LogP contribution < -0.4 is 5.32 Å². The molecule has 1 atom stereocenters. The van der Waals surface area contributed by atoms with Crippen LogP contribution in [-0.4, -0.2) is 10.1 Å². The van der Waals surface area contributed by atoms with Gasteiger partial charge in [-0.3, -0.25) is 0 Å². The minimum absolute atomic E-state index is 0.109. The zero-order valence-corrected chi connectivity index (χ0v) is 15.0. The highest BCUT2D eigenvalue weighted by atomic mass is 79.9. The van der Waals surface area contributed by atoms with Gasteiger partial charge in [0.2, 0.25) is 0 Å². The fraction of sp³-hybridized carbons (Fsp3) is 0.0556. The maximum absolute atomic E-state index is 13.7. The molecule has 25 heavy (non-hydrogen) atoms. The number of halogens is 4. The maximum atomic E-state index is 13.7. The summed E-state index contributed by atoms with van der Waals surface area (Å²) in [6.45, 7) is 0. The molecular weight excluding hydrogens is 414 g/mol. The molecule has 0 aliphatic carbocycles. The third-order valence-corrected chi connectivity index (χ3v) is 4.39. The number of hydrogen-bond donors (Lipinski definition) is 2. The summed E-state index contributed by atoms with van der Waals surface area (Å²) < 4.78 is 27.4. The summed E-state index contributed by atoms with van der Waals surface area (Å²) in [4.78, 5) is 4.15. The molecule has 1 aromatic heterocycles. The summed E-state index contributed by atoms with van der Waals surface area (Å²) in [5.74, 6) is -1.01. The quantitative estimate of drug-likeness (QED) is 0.572. The van der Waals surface area contributed by atoms with Crippen LogP contribution in [0.15, 0.2) is 59.2 Å². The fourth-order valence-electron chi connectivity index (χ4n) is 2.27. The Morgan fingerprint density at radius 1 is 1.08 bits per heavy atom. The lowest BCUT2D eigenvalue weighted by atomic mass is 10.0. The molecule has 3 nitrogen and oxygen atoms in total. The van der Waals surface area contributed by atoms with Gasteiger partial charge in [-0.15, -0.1) is 0 Å². The molecule has 0 saturated heterocycles. The minimum Gasteiger partial charge on any atom is -0.384 e. The van der Waals surface area contributed by atoms with Crippen molar-refractivity contribution in [2.24, 2.45) is 0 Å². The van der Waals surface area contributed by atoms with Crippen molar-refractivity contribution in [1.29, 1.82) is 0 Å². The van der Waals surface area contributed by atoms with Crippen LogP contribution in [0.25, 0.3) is 0 Å². The number of benzene rings is 2. The van der Waals surface area contributed by atoms with E-state index in [9.17, 15) is 13.9 Å². The van der Waals surface area contributed by atoms with Crippen molar-refractivity contribution in [3.8, 4) is 0 Å². The molecule has 0 fully saturated rings. The Balaban J connectivity index is 1.81. The number of pyridine rings is 1. The molecule has 0 aliphatic heterocycles. The molecule has 2 N–H and O–H groups in total. The van der Waals surface area contributed by atoms with E-state index in [1.165, 1.54) is 12.3 Å². The van der Waals surface area contributed by atoms with Gasteiger partial charge in [-0.2, -0.15) is 0 Å². The van der Waals surface area contributed by atoms with Crippen LogP contribution in [0, 0.1) is 11.6 Å². The molecule has 7 heteroatoms. The number of aromatic nitrogens is 1. The summed E-state index contributed by atoms with van der Waals surface area (Å²) in [5, 5.41) is 13.7. The predicted octanol–water partition coefficient (Wildman–Crippen LogP) is 5.60. The van der Waals surface area contributed by atoms with E-state index < -0.39 is 17.7 Å². The van der Waals surface area contributed by atoms with Gasteiger partial charge in [-0.1, -0.05) is 33.6 Å². The summed E-state index contributed by atoms with van der Waals surface area (Å²) in [6, 6.07) is 11.7. The first-order valence-corrected chi connectivity index (χ1v) is 8.42. The summed E-state index contributed by atoms with van der Waals surface area (Å²) >= 11 is 9.46. The van der Waals surface area contributed by atoms with Crippen molar-refractivity contribution in [2.75, 3.05) is 5.32 Å². The number of rotatable bonds is 4. The van der Waals surface area contributed by atoms with Crippen LogP contribution in [0.2, 0.25) is 5.02 Å². The second-order valence-corrected chi connectivity index (χ2v) is 6.62. The number of aliphatic hydroxyl groups is 1. The van der Waals surface area contributed by atoms with E-state index in [-0.39, 0.29) is 5.69 Å². The second-order valence-electron chi connectivity index (χ2n) is 5.29. The van der Waals surface area contributed by atoms with Gasteiger partial charge in [-0.25, -0.2) is 13.8 Å². The van der Waals surface area contributed by atoms with Gasteiger partial charge < -0.3 is 10.4 Å². The van der Waals surface area contributed by atoms with Gasteiger partial charge in [0.1, 0.15) is 23.6 Å². The summed E-state index contributed by atoms with van der Waals surface area (Å²) in [6.07, 6.45) is 0.514. The lowest BCUT2D eigenvalue weighted by Gasteiger charge is -2.14. The van der Waals surface area contributed by atoms with Crippen molar-refractivity contribution in [2.45, 2.75) is 6.10 Å². The molecule has 0 amide bonds. The first kappa shape index (κ1) is 17.8. The van der Waals surface area contributed by atoms with Crippen LogP contribution in [0.4, 0.5) is 20.3 Å². The molecule has 2 aromatic carbocycles. The van der Waals surface area contributed by atoms with Crippen molar-refractivity contribution < 1.29 is 13.9 Å².